The molecule has 0 bridgehead atoms. The lowest BCUT2D eigenvalue weighted by Gasteiger charge is -2.30. The first-order chi connectivity index (χ1) is 9.52. The van der Waals surface area contributed by atoms with Crippen molar-refractivity contribution in [2.75, 3.05) is 26.2 Å². The van der Waals surface area contributed by atoms with Crippen LogP contribution in [-0.2, 0) is 11.3 Å². The lowest BCUT2D eigenvalue weighted by atomic mass is 9.71. The van der Waals surface area contributed by atoms with Gasteiger partial charge >= 0.3 is 6.09 Å². The van der Waals surface area contributed by atoms with Gasteiger partial charge in [0.1, 0.15) is 6.61 Å². The van der Waals surface area contributed by atoms with Crippen molar-refractivity contribution in [2.45, 2.75) is 20.5 Å². The van der Waals surface area contributed by atoms with E-state index in [1.165, 1.54) is 0 Å². The van der Waals surface area contributed by atoms with Crippen LogP contribution in [0.5, 0.6) is 0 Å². The molecule has 108 valence electrons. The van der Waals surface area contributed by atoms with Gasteiger partial charge in [-0.3, -0.25) is 0 Å². The Hall–Kier alpha value is -1.55. The molecule has 2 atom stereocenters. The summed E-state index contributed by atoms with van der Waals surface area (Å²) in [6.07, 6.45) is -0.189. The Morgan fingerprint density at radius 3 is 2.40 bits per heavy atom. The van der Waals surface area contributed by atoms with Crippen LogP contribution in [0.2, 0.25) is 0 Å². The average molecular weight is 274 g/mol. The largest absolute Gasteiger partial charge is 0.445 e. The molecule has 0 radical (unpaired) electrons. The number of amides is 1. The second kappa shape index (κ2) is 4.77. The van der Waals surface area contributed by atoms with Gasteiger partial charge in [0.2, 0.25) is 0 Å². The van der Waals surface area contributed by atoms with Crippen LogP contribution in [0.15, 0.2) is 30.3 Å². The predicted molar refractivity (Wildman–Crippen MR) is 77.3 cm³/mol. The molecular weight excluding hydrogens is 252 g/mol. The van der Waals surface area contributed by atoms with Crippen molar-refractivity contribution in [3.8, 4) is 0 Å². The molecule has 1 aromatic rings. The number of benzene rings is 1. The van der Waals surface area contributed by atoms with E-state index in [0.717, 1.165) is 31.7 Å². The van der Waals surface area contributed by atoms with E-state index in [0.29, 0.717) is 6.61 Å². The quantitative estimate of drug-likeness (QED) is 0.899. The van der Waals surface area contributed by atoms with Crippen molar-refractivity contribution in [1.82, 2.24) is 10.2 Å². The van der Waals surface area contributed by atoms with Crippen LogP contribution < -0.4 is 5.32 Å². The van der Waals surface area contributed by atoms with Gasteiger partial charge in [-0.05, 0) is 5.56 Å². The number of hydrogen-bond acceptors (Lipinski definition) is 3. The maximum atomic E-state index is 12.2. The van der Waals surface area contributed by atoms with Gasteiger partial charge in [0.25, 0.3) is 0 Å². The molecular formula is C16H22N2O2. The maximum Gasteiger partial charge on any atom is 0.410 e. The van der Waals surface area contributed by atoms with E-state index in [4.69, 9.17) is 4.74 Å². The number of likely N-dealkylation sites (tertiary alicyclic amines) is 1. The van der Waals surface area contributed by atoms with Crippen molar-refractivity contribution in [2.24, 2.45) is 10.8 Å². The summed E-state index contributed by atoms with van der Waals surface area (Å²) in [7, 11) is 0. The van der Waals surface area contributed by atoms with E-state index < -0.39 is 0 Å². The molecule has 1 N–H and O–H groups in total. The SMILES string of the molecule is CC12CNCC1(C)CN(C(=O)OCc1ccccc1)C2. The molecule has 3 rings (SSSR count). The molecule has 2 aliphatic rings. The highest BCUT2D eigenvalue weighted by Crippen LogP contribution is 2.48. The Morgan fingerprint density at radius 1 is 1.20 bits per heavy atom. The number of hydrogen-bond donors (Lipinski definition) is 1. The van der Waals surface area contributed by atoms with Crippen molar-refractivity contribution in [3.63, 3.8) is 0 Å². The molecule has 1 amide bonds. The molecule has 0 saturated carbocycles. The Balaban J connectivity index is 1.60. The molecule has 4 heteroatoms. The monoisotopic (exact) mass is 274 g/mol. The highest BCUT2D eigenvalue weighted by Gasteiger charge is 2.56. The van der Waals surface area contributed by atoms with Crippen molar-refractivity contribution in [3.05, 3.63) is 35.9 Å². The van der Waals surface area contributed by atoms with Gasteiger partial charge in [-0.1, -0.05) is 44.2 Å². The Bertz CT molecular complexity index is 486. The first-order valence-electron chi connectivity index (χ1n) is 7.19. The summed E-state index contributed by atoms with van der Waals surface area (Å²) in [4.78, 5) is 14.1. The van der Waals surface area contributed by atoms with Crippen molar-refractivity contribution in [1.29, 1.82) is 0 Å². The molecule has 2 unspecified atom stereocenters. The van der Waals surface area contributed by atoms with E-state index in [9.17, 15) is 4.79 Å². The summed E-state index contributed by atoms with van der Waals surface area (Å²) >= 11 is 0. The van der Waals surface area contributed by atoms with Gasteiger partial charge < -0.3 is 15.0 Å². The zero-order valence-electron chi connectivity index (χ0n) is 12.2. The van der Waals surface area contributed by atoms with Gasteiger partial charge in [0.15, 0.2) is 0 Å². The topological polar surface area (TPSA) is 41.6 Å². The highest BCUT2D eigenvalue weighted by atomic mass is 16.6. The summed E-state index contributed by atoms with van der Waals surface area (Å²) in [5.41, 5.74) is 1.36. The van der Waals surface area contributed by atoms with E-state index in [1.54, 1.807) is 0 Å². The lowest BCUT2D eigenvalue weighted by molar-refractivity contribution is 0.0992. The molecule has 2 fully saturated rings. The molecule has 0 aliphatic carbocycles. The minimum Gasteiger partial charge on any atom is -0.445 e. The van der Waals surface area contributed by atoms with Crippen LogP contribution in [-0.4, -0.2) is 37.2 Å². The van der Waals surface area contributed by atoms with Gasteiger partial charge in [-0.15, -0.1) is 0 Å². The molecule has 0 spiro atoms. The van der Waals surface area contributed by atoms with Crippen LogP contribution in [0, 0.1) is 10.8 Å². The average Bonchev–Trinajstić information content (AvgIpc) is 2.85. The number of carbonyl (C=O) groups is 1. The highest BCUT2D eigenvalue weighted by molar-refractivity contribution is 5.68. The van der Waals surface area contributed by atoms with Crippen LogP contribution in [0.1, 0.15) is 19.4 Å². The van der Waals surface area contributed by atoms with Crippen molar-refractivity contribution >= 4 is 6.09 Å². The van der Waals surface area contributed by atoms with Gasteiger partial charge in [0, 0.05) is 37.0 Å². The fourth-order valence-corrected chi connectivity index (χ4v) is 3.37. The molecule has 1 aromatic carbocycles. The van der Waals surface area contributed by atoms with E-state index in [-0.39, 0.29) is 16.9 Å². The van der Waals surface area contributed by atoms with Crippen LogP contribution in [0.25, 0.3) is 0 Å². The predicted octanol–water partition coefficient (Wildman–Crippen LogP) is 2.25. The molecule has 2 heterocycles. The van der Waals surface area contributed by atoms with E-state index >= 15 is 0 Å². The summed E-state index contributed by atoms with van der Waals surface area (Å²) in [5.74, 6) is 0. The van der Waals surface area contributed by atoms with E-state index in [1.807, 2.05) is 35.2 Å². The normalized spacial score (nSPS) is 32.2. The first-order valence-corrected chi connectivity index (χ1v) is 7.19. The summed E-state index contributed by atoms with van der Waals surface area (Å²) in [6.45, 7) is 8.39. The number of ether oxygens (including phenoxy) is 1. The fraction of sp³-hybridized carbons (Fsp3) is 0.562. The van der Waals surface area contributed by atoms with Crippen LogP contribution >= 0.6 is 0 Å². The first kappa shape index (κ1) is 13.4. The number of fused-ring (bicyclic) bond motifs is 1. The molecule has 2 saturated heterocycles. The second-order valence-electron chi connectivity index (χ2n) is 6.62. The second-order valence-corrected chi connectivity index (χ2v) is 6.62. The Morgan fingerprint density at radius 2 is 1.80 bits per heavy atom. The maximum absolute atomic E-state index is 12.2. The Kier molecular flexibility index (Phi) is 3.21. The molecule has 2 aliphatic heterocycles. The third-order valence-corrected chi connectivity index (χ3v) is 5.03. The van der Waals surface area contributed by atoms with Crippen molar-refractivity contribution < 1.29 is 9.53 Å². The molecule has 0 aromatic heterocycles. The van der Waals surface area contributed by atoms with Gasteiger partial charge in [-0.25, -0.2) is 4.79 Å². The molecule has 20 heavy (non-hydrogen) atoms. The summed E-state index contributed by atoms with van der Waals surface area (Å²) < 4.78 is 5.43. The smallest absolute Gasteiger partial charge is 0.410 e. The number of carbonyl (C=O) groups excluding carboxylic acids is 1. The van der Waals surface area contributed by atoms with Crippen LogP contribution in [0.3, 0.4) is 0 Å². The van der Waals surface area contributed by atoms with Gasteiger partial charge in [0.05, 0.1) is 0 Å². The number of rotatable bonds is 2. The number of nitrogens with zero attached hydrogens (tertiary/aromatic N) is 1. The van der Waals surface area contributed by atoms with Gasteiger partial charge in [-0.2, -0.15) is 0 Å². The van der Waals surface area contributed by atoms with Crippen LogP contribution in [0.4, 0.5) is 4.79 Å². The fourth-order valence-electron chi connectivity index (χ4n) is 3.37. The minimum absolute atomic E-state index is 0.165. The third-order valence-electron chi connectivity index (χ3n) is 5.03. The molecule has 4 nitrogen and oxygen atoms in total. The van der Waals surface area contributed by atoms with E-state index in [2.05, 4.69) is 19.2 Å². The Labute approximate surface area is 120 Å². The standard InChI is InChI=1S/C16H22N2O2/c1-15-9-17-10-16(15,2)12-18(11-15)14(19)20-8-13-6-4-3-5-7-13/h3-7,17H,8-12H2,1-2H3. The minimum atomic E-state index is -0.189. The zero-order valence-corrected chi connectivity index (χ0v) is 12.2. The zero-order chi connectivity index (χ0) is 14.2. The summed E-state index contributed by atoms with van der Waals surface area (Å²) in [6, 6.07) is 9.81. The summed E-state index contributed by atoms with van der Waals surface area (Å²) in [5, 5.41) is 3.44. The lowest BCUT2D eigenvalue weighted by Crippen LogP contribution is -2.34. The number of nitrogens with one attached hydrogen (secondary N) is 1. The third kappa shape index (κ3) is 2.18.